The number of thioether (sulfide) groups is 1. The van der Waals surface area contributed by atoms with E-state index in [0.717, 1.165) is 21.8 Å². The van der Waals surface area contributed by atoms with Crippen molar-refractivity contribution >= 4 is 35.0 Å². The van der Waals surface area contributed by atoms with E-state index in [4.69, 9.17) is 0 Å². The number of hydrogen-bond acceptors (Lipinski definition) is 3. The summed E-state index contributed by atoms with van der Waals surface area (Å²) in [7, 11) is 0. The molecule has 2 heterocycles. The molecule has 1 aliphatic rings. The molecule has 3 rings (SSSR count). The summed E-state index contributed by atoms with van der Waals surface area (Å²) < 4.78 is 0. The number of carbonyl (C=O) groups excluding carboxylic acids is 1. The lowest BCUT2D eigenvalue weighted by Crippen LogP contribution is -2.11. The van der Waals surface area contributed by atoms with Crippen LogP contribution in [0.2, 0.25) is 0 Å². The fourth-order valence-corrected chi connectivity index (χ4v) is 3.87. The first-order valence-corrected chi connectivity index (χ1v) is 7.63. The Bertz CT molecular complexity index is 637. The van der Waals surface area contributed by atoms with Crippen LogP contribution in [0.3, 0.4) is 0 Å². The number of hydrogen-bond donors (Lipinski definition) is 0. The molecule has 2 aromatic rings. The number of aryl methyl sites for hydroxylation is 1. The monoisotopic (exact) mass is 272 g/mol. The third-order valence-electron chi connectivity index (χ3n) is 3.01. The van der Waals surface area contributed by atoms with Gasteiger partial charge in [-0.3, -0.25) is 4.79 Å². The van der Waals surface area contributed by atoms with Crippen molar-refractivity contribution in [3.05, 3.63) is 57.3 Å². The van der Waals surface area contributed by atoms with Crippen LogP contribution in [0, 0.1) is 6.92 Å². The maximum Gasteiger partial charge on any atom is 0.191 e. The largest absolute Gasteiger partial charge is 0.289 e. The van der Waals surface area contributed by atoms with Crippen molar-refractivity contribution in [2.75, 3.05) is 5.75 Å². The lowest BCUT2D eigenvalue weighted by Gasteiger charge is -2.16. The van der Waals surface area contributed by atoms with Gasteiger partial charge in [0.2, 0.25) is 0 Å². The molecule has 0 atom stereocenters. The van der Waals surface area contributed by atoms with E-state index in [1.54, 1.807) is 23.1 Å². The molecule has 0 saturated carbocycles. The van der Waals surface area contributed by atoms with E-state index in [0.29, 0.717) is 0 Å². The van der Waals surface area contributed by atoms with Crippen LogP contribution in [0.15, 0.2) is 46.2 Å². The molecule has 90 valence electrons. The molecule has 1 aromatic carbocycles. The van der Waals surface area contributed by atoms with Gasteiger partial charge in [0.05, 0.1) is 0 Å². The summed E-state index contributed by atoms with van der Waals surface area (Å²) in [5.41, 5.74) is 2.99. The van der Waals surface area contributed by atoms with E-state index in [2.05, 4.69) is 18.4 Å². The van der Waals surface area contributed by atoms with Gasteiger partial charge in [0.25, 0.3) is 0 Å². The predicted octanol–water partition coefficient (Wildman–Crippen LogP) is 4.43. The topological polar surface area (TPSA) is 17.1 Å². The van der Waals surface area contributed by atoms with Crippen LogP contribution >= 0.6 is 23.1 Å². The Kier molecular flexibility index (Phi) is 3.10. The van der Waals surface area contributed by atoms with Gasteiger partial charge in [-0.1, -0.05) is 12.1 Å². The molecular weight excluding hydrogens is 260 g/mol. The second-order valence-corrected chi connectivity index (χ2v) is 6.22. The normalized spacial score (nSPS) is 16.9. The van der Waals surface area contributed by atoms with Crippen molar-refractivity contribution < 1.29 is 4.79 Å². The highest BCUT2D eigenvalue weighted by molar-refractivity contribution is 7.99. The molecule has 0 fully saturated rings. The Labute approximate surface area is 115 Å². The molecular formula is C15H12OS2. The van der Waals surface area contributed by atoms with Gasteiger partial charge in [-0.2, -0.15) is 0 Å². The van der Waals surface area contributed by atoms with Crippen molar-refractivity contribution in [3.63, 3.8) is 0 Å². The smallest absolute Gasteiger partial charge is 0.191 e. The Hall–Kier alpha value is -1.32. The highest BCUT2D eigenvalue weighted by Gasteiger charge is 2.21. The van der Waals surface area contributed by atoms with E-state index >= 15 is 0 Å². The molecule has 1 aliphatic heterocycles. The maximum atomic E-state index is 12.4. The van der Waals surface area contributed by atoms with Gasteiger partial charge in [0.15, 0.2) is 5.78 Å². The lowest BCUT2D eigenvalue weighted by atomic mass is 10.0. The van der Waals surface area contributed by atoms with E-state index in [1.807, 2.05) is 30.3 Å². The van der Waals surface area contributed by atoms with Crippen LogP contribution in [0.25, 0.3) is 6.08 Å². The molecule has 0 saturated heterocycles. The van der Waals surface area contributed by atoms with Gasteiger partial charge in [-0.15, -0.1) is 23.1 Å². The molecule has 0 unspecified atom stereocenters. The van der Waals surface area contributed by atoms with Crippen LogP contribution in [-0.2, 0) is 0 Å². The van der Waals surface area contributed by atoms with Crippen LogP contribution in [0.4, 0.5) is 0 Å². The van der Waals surface area contributed by atoms with Gasteiger partial charge < -0.3 is 0 Å². The Morgan fingerprint density at radius 3 is 2.83 bits per heavy atom. The summed E-state index contributed by atoms with van der Waals surface area (Å²) in [6.45, 7) is 2.08. The molecule has 0 spiro atoms. The lowest BCUT2D eigenvalue weighted by molar-refractivity contribution is 0.103. The minimum Gasteiger partial charge on any atom is -0.289 e. The quantitative estimate of drug-likeness (QED) is 0.714. The van der Waals surface area contributed by atoms with Crippen molar-refractivity contribution in [2.24, 2.45) is 0 Å². The second-order valence-electron chi connectivity index (χ2n) is 4.25. The Balaban J connectivity index is 2.01. The average Bonchev–Trinajstić information content (AvgIpc) is 2.79. The number of ketones is 1. The summed E-state index contributed by atoms with van der Waals surface area (Å²) in [6, 6.07) is 9.93. The van der Waals surface area contributed by atoms with E-state index in [-0.39, 0.29) is 5.78 Å². The van der Waals surface area contributed by atoms with Gasteiger partial charge in [0.1, 0.15) is 0 Å². The number of benzene rings is 1. The molecule has 0 bridgehead atoms. The van der Waals surface area contributed by atoms with Gasteiger partial charge >= 0.3 is 0 Å². The first-order chi connectivity index (χ1) is 8.75. The Morgan fingerprint density at radius 1 is 1.22 bits per heavy atom. The van der Waals surface area contributed by atoms with Gasteiger partial charge in [0, 0.05) is 26.7 Å². The molecule has 0 aliphatic carbocycles. The van der Waals surface area contributed by atoms with E-state index in [9.17, 15) is 4.79 Å². The average molecular weight is 272 g/mol. The molecule has 0 amide bonds. The number of rotatable bonds is 1. The van der Waals surface area contributed by atoms with Gasteiger partial charge in [-0.25, -0.2) is 0 Å². The summed E-state index contributed by atoms with van der Waals surface area (Å²) >= 11 is 3.43. The van der Waals surface area contributed by atoms with Crippen LogP contribution in [0.1, 0.15) is 20.8 Å². The molecule has 1 nitrogen and oxygen atoms in total. The minimum atomic E-state index is 0.178. The first kappa shape index (κ1) is 11.8. The van der Waals surface area contributed by atoms with E-state index in [1.165, 1.54) is 10.4 Å². The predicted molar refractivity (Wildman–Crippen MR) is 78.5 cm³/mol. The van der Waals surface area contributed by atoms with Crippen molar-refractivity contribution in [1.82, 2.24) is 0 Å². The zero-order valence-electron chi connectivity index (χ0n) is 9.97. The summed E-state index contributed by atoms with van der Waals surface area (Å²) in [6.07, 6.45) is 2.05. The molecule has 0 radical (unpaired) electrons. The zero-order chi connectivity index (χ0) is 12.5. The summed E-state index contributed by atoms with van der Waals surface area (Å²) in [4.78, 5) is 14.7. The standard InChI is InChI=1S/C15H12OS2/c1-10-6-7-17-14(10)8-11-9-18-13-5-3-2-4-12(13)15(11)16/h2-8H,9H2,1H3/b11-8+. The van der Waals surface area contributed by atoms with Crippen molar-refractivity contribution in [1.29, 1.82) is 0 Å². The molecule has 3 heteroatoms. The zero-order valence-corrected chi connectivity index (χ0v) is 11.6. The first-order valence-electron chi connectivity index (χ1n) is 5.77. The minimum absolute atomic E-state index is 0.178. The maximum absolute atomic E-state index is 12.4. The number of carbonyl (C=O) groups is 1. The summed E-state index contributed by atoms with van der Waals surface area (Å²) in [5, 5.41) is 2.07. The summed E-state index contributed by atoms with van der Waals surface area (Å²) in [5.74, 6) is 0.949. The molecule has 18 heavy (non-hydrogen) atoms. The van der Waals surface area contributed by atoms with Gasteiger partial charge in [-0.05, 0) is 42.1 Å². The van der Waals surface area contributed by atoms with Crippen molar-refractivity contribution in [3.8, 4) is 0 Å². The van der Waals surface area contributed by atoms with Crippen molar-refractivity contribution in [2.45, 2.75) is 11.8 Å². The Morgan fingerprint density at radius 2 is 2.06 bits per heavy atom. The number of Topliss-reactive ketones (excluding diaryl/α,β-unsaturated/α-hetero) is 1. The molecule has 1 aromatic heterocycles. The SMILES string of the molecule is Cc1ccsc1/C=C1\CSc2ccccc2C1=O. The number of fused-ring (bicyclic) bond motifs is 1. The third kappa shape index (κ3) is 2.04. The fraction of sp³-hybridized carbons (Fsp3) is 0.133. The van der Waals surface area contributed by atoms with Crippen LogP contribution < -0.4 is 0 Å². The van der Waals surface area contributed by atoms with E-state index < -0.39 is 0 Å². The van der Waals surface area contributed by atoms with Crippen LogP contribution in [-0.4, -0.2) is 11.5 Å². The fourth-order valence-electron chi connectivity index (χ4n) is 1.97. The highest BCUT2D eigenvalue weighted by atomic mass is 32.2. The van der Waals surface area contributed by atoms with Crippen LogP contribution in [0.5, 0.6) is 0 Å². The number of thiophene rings is 1. The second kappa shape index (κ2) is 4.75. The third-order valence-corrected chi connectivity index (χ3v) is 5.10. The highest BCUT2D eigenvalue weighted by Crippen LogP contribution is 2.33. The molecule has 0 N–H and O–H groups in total.